The Labute approximate surface area is 196 Å². The van der Waals surface area contributed by atoms with E-state index >= 15 is 0 Å². The van der Waals surface area contributed by atoms with E-state index in [0.29, 0.717) is 5.56 Å². The molecule has 0 aliphatic carbocycles. The Morgan fingerprint density at radius 3 is 2.21 bits per heavy atom. The lowest BCUT2D eigenvalue weighted by Crippen LogP contribution is -2.58. The van der Waals surface area contributed by atoms with Crippen LogP contribution in [0.25, 0.3) is 0 Å². The van der Waals surface area contributed by atoms with Gasteiger partial charge in [-0.05, 0) is 36.1 Å². The zero-order valence-electron chi connectivity index (χ0n) is 19.0. The summed E-state index contributed by atoms with van der Waals surface area (Å²) in [5.41, 5.74) is 2.84. The van der Waals surface area contributed by atoms with Crippen LogP contribution in [-0.2, 0) is 38.0 Å². The predicted octanol–water partition coefficient (Wildman–Crippen LogP) is 4.08. The minimum atomic E-state index is -4.46. The second-order valence-corrected chi connectivity index (χ2v) is 8.48. The van der Waals surface area contributed by atoms with Crippen LogP contribution < -0.4 is 0 Å². The smallest absolute Gasteiger partial charge is 0.394 e. The SMILES string of the molecule is CCc1ccc(C2OC[C@@H]3OC(c4ccc(C(F)(F)F)cc4)O[C@H]([C@H](O)CO)[C@@H]3O2)cc1CC. The molecular formula is C25H29F3O6. The molecule has 9 heteroatoms. The zero-order valence-corrected chi connectivity index (χ0v) is 19.0. The van der Waals surface area contributed by atoms with Gasteiger partial charge in [-0.2, -0.15) is 13.2 Å². The lowest BCUT2D eigenvalue weighted by molar-refractivity contribution is -0.373. The fraction of sp³-hybridized carbons (Fsp3) is 0.520. The predicted molar refractivity (Wildman–Crippen MR) is 116 cm³/mol. The lowest BCUT2D eigenvalue weighted by atomic mass is 9.97. The van der Waals surface area contributed by atoms with Gasteiger partial charge in [-0.25, -0.2) is 0 Å². The number of aliphatic hydroxyl groups excluding tert-OH is 2. The summed E-state index contributed by atoms with van der Waals surface area (Å²) in [7, 11) is 0. The quantitative estimate of drug-likeness (QED) is 0.646. The van der Waals surface area contributed by atoms with Gasteiger partial charge in [0.05, 0.1) is 18.8 Å². The molecule has 0 saturated carbocycles. The third-order valence-corrected chi connectivity index (χ3v) is 6.30. The minimum absolute atomic E-state index is 0.126. The van der Waals surface area contributed by atoms with Gasteiger partial charge < -0.3 is 29.2 Å². The number of aryl methyl sites for hydroxylation is 2. The second kappa shape index (κ2) is 10.3. The molecule has 0 radical (unpaired) electrons. The molecule has 2 saturated heterocycles. The van der Waals surface area contributed by atoms with E-state index in [9.17, 15) is 23.4 Å². The summed E-state index contributed by atoms with van der Waals surface area (Å²) in [6, 6.07) is 10.5. The zero-order chi connectivity index (χ0) is 24.5. The fourth-order valence-electron chi connectivity index (χ4n) is 4.40. The molecule has 2 heterocycles. The molecule has 186 valence electrons. The second-order valence-electron chi connectivity index (χ2n) is 8.48. The molecule has 2 aromatic carbocycles. The van der Waals surface area contributed by atoms with Crippen LogP contribution in [0.4, 0.5) is 13.2 Å². The van der Waals surface area contributed by atoms with Crippen molar-refractivity contribution in [1.29, 1.82) is 0 Å². The Bertz CT molecular complexity index is 964. The van der Waals surface area contributed by atoms with Crippen molar-refractivity contribution in [3.8, 4) is 0 Å². The summed E-state index contributed by atoms with van der Waals surface area (Å²) in [4.78, 5) is 0. The molecule has 2 fully saturated rings. The monoisotopic (exact) mass is 482 g/mol. The van der Waals surface area contributed by atoms with Crippen LogP contribution in [0.2, 0.25) is 0 Å². The van der Waals surface area contributed by atoms with Gasteiger partial charge in [0.15, 0.2) is 12.6 Å². The van der Waals surface area contributed by atoms with E-state index < -0.39 is 55.3 Å². The highest BCUT2D eigenvalue weighted by Crippen LogP contribution is 2.40. The highest BCUT2D eigenvalue weighted by molar-refractivity contribution is 5.33. The van der Waals surface area contributed by atoms with Crippen molar-refractivity contribution in [1.82, 2.24) is 0 Å². The summed E-state index contributed by atoms with van der Waals surface area (Å²) >= 11 is 0. The molecule has 34 heavy (non-hydrogen) atoms. The number of aliphatic hydroxyl groups is 2. The van der Waals surface area contributed by atoms with Crippen molar-refractivity contribution in [2.45, 2.75) is 69.9 Å². The molecule has 0 spiro atoms. The van der Waals surface area contributed by atoms with Gasteiger partial charge in [-0.15, -0.1) is 0 Å². The molecule has 2 N–H and O–H groups in total. The van der Waals surface area contributed by atoms with Crippen LogP contribution in [0, 0.1) is 0 Å². The number of hydrogen-bond donors (Lipinski definition) is 2. The molecule has 0 aromatic heterocycles. The first-order valence-corrected chi connectivity index (χ1v) is 11.4. The average molecular weight is 482 g/mol. The van der Waals surface area contributed by atoms with Crippen molar-refractivity contribution in [2.24, 2.45) is 0 Å². The van der Waals surface area contributed by atoms with E-state index in [4.69, 9.17) is 18.9 Å². The molecule has 2 aliphatic rings. The Morgan fingerprint density at radius 2 is 1.59 bits per heavy atom. The number of fused-ring (bicyclic) bond motifs is 1. The summed E-state index contributed by atoms with van der Waals surface area (Å²) in [6.45, 7) is 3.72. The van der Waals surface area contributed by atoms with E-state index in [0.717, 1.165) is 30.5 Å². The van der Waals surface area contributed by atoms with E-state index in [-0.39, 0.29) is 6.61 Å². The molecule has 6 atom stereocenters. The summed E-state index contributed by atoms with van der Waals surface area (Å²) in [5.74, 6) is 0. The highest BCUT2D eigenvalue weighted by atomic mass is 19.4. The van der Waals surface area contributed by atoms with Crippen LogP contribution >= 0.6 is 0 Å². The molecule has 0 bridgehead atoms. The van der Waals surface area contributed by atoms with E-state index in [2.05, 4.69) is 13.8 Å². The van der Waals surface area contributed by atoms with Crippen molar-refractivity contribution in [3.05, 3.63) is 70.3 Å². The van der Waals surface area contributed by atoms with Crippen molar-refractivity contribution < 1.29 is 42.3 Å². The molecule has 2 unspecified atom stereocenters. The van der Waals surface area contributed by atoms with E-state index in [1.54, 1.807) is 0 Å². The summed E-state index contributed by atoms with van der Waals surface area (Å²) in [6.07, 6.45) is -8.08. The largest absolute Gasteiger partial charge is 0.416 e. The topological polar surface area (TPSA) is 77.4 Å². The third-order valence-electron chi connectivity index (χ3n) is 6.30. The van der Waals surface area contributed by atoms with Gasteiger partial charge in [0.25, 0.3) is 0 Å². The summed E-state index contributed by atoms with van der Waals surface area (Å²) in [5, 5.41) is 20.0. The molecular weight excluding hydrogens is 453 g/mol. The number of ether oxygens (including phenoxy) is 4. The van der Waals surface area contributed by atoms with E-state index in [1.165, 1.54) is 23.3 Å². The first-order chi connectivity index (χ1) is 16.2. The van der Waals surface area contributed by atoms with Crippen molar-refractivity contribution >= 4 is 0 Å². The van der Waals surface area contributed by atoms with Crippen LogP contribution in [0.5, 0.6) is 0 Å². The number of halogens is 3. The Morgan fingerprint density at radius 1 is 0.912 bits per heavy atom. The lowest BCUT2D eigenvalue weighted by Gasteiger charge is -2.47. The maximum atomic E-state index is 12.9. The van der Waals surface area contributed by atoms with Gasteiger partial charge >= 0.3 is 6.18 Å². The molecule has 0 amide bonds. The van der Waals surface area contributed by atoms with Crippen molar-refractivity contribution in [2.75, 3.05) is 13.2 Å². The average Bonchev–Trinajstić information content (AvgIpc) is 2.86. The van der Waals surface area contributed by atoms with E-state index in [1.807, 2.05) is 18.2 Å². The number of benzene rings is 2. The first kappa shape index (κ1) is 25.1. The summed E-state index contributed by atoms with van der Waals surface area (Å²) < 4.78 is 62.6. The van der Waals surface area contributed by atoms with Gasteiger partial charge in [-0.1, -0.05) is 44.2 Å². The Hall–Kier alpha value is -2.01. The van der Waals surface area contributed by atoms with Crippen LogP contribution in [0.3, 0.4) is 0 Å². The van der Waals surface area contributed by atoms with Gasteiger partial charge in [0, 0.05) is 11.1 Å². The van der Waals surface area contributed by atoms with Crippen molar-refractivity contribution in [3.63, 3.8) is 0 Å². The number of alkyl halides is 3. The number of hydrogen-bond acceptors (Lipinski definition) is 6. The molecule has 6 nitrogen and oxygen atoms in total. The molecule has 2 aromatic rings. The standard InChI is InChI=1S/C25H29F3O6/c1-3-14-5-6-17(11-15(14)4-2)23-31-13-20-22(34-23)21(19(30)12-29)33-24(32-20)16-7-9-18(10-8-16)25(26,27)28/h5-11,19-24,29-30H,3-4,12-13H2,1-2H3/t19-,20+,21-,22-,23?,24?/m1/s1. The maximum absolute atomic E-state index is 12.9. The fourth-order valence-corrected chi connectivity index (χ4v) is 4.40. The normalized spacial score (nSPS) is 28.4. The van der Waals surface area contributed by atoms with Crippen LogP contribution in [0.15, 0.2) is 42.5 Å². The first-order valence-electron chi connectivity index (χ1n) is 11.4. The van der Waals surface area contributed by atoms with Gasteiger partial charge in [-0.3, -0.25) is 0 Å². The molecule has 4 rings (SSSR count). The van der Waals surface area contributed by atoms with Crippen LogP contribution in [0.1, 0.15) is 54.2 Å². The van der Waals surface area contributed by atoms with Crippen LogP contribution in [-0.4, -0.2) is 47.8 Å². The minimum Gasteiger partial charge on any atom is -0.394 e. The number of rotatable bonds is 6. The molecule has 2 aliphatic heterocycles. The maximum Gasteiger partial charge on any atom is 0.416 e. The van der Waals surface area contributed by atoms with Gasteiger partial charge in [0.1, 0.15) is 24.4 Å². The third kappa shape index (κ3) is 5.15. The van der Waals surface area contributed by atoms with Gasteiger partial charge in [0.2, 0.25) is 0 Å². The Balaban J connectivity index is 1.54. The highest BCUT2D eigenvalue weighted by Gasteiger charge is 2.48. The Kier molecular flexibility index (Phi) is 7.61.